The van der Waals surface area contributed by atoms with E-state index in [1.807, 2.05) is 6.92 Å². The van der Waals surface area contributed by atoms with E-state index in [1.54, 1.807) is 0 Å². The van der Waals surface area contributed by atoms with Crippen molar-refractivity contribution >= 4 is 37.6 Å². The third kappa shape index (κ3) is 2.35. The minimum atomic E-state index is -0.299. The van der Waals surface area contributed by atoms with Crippen LogP contribution < -0.4 is 0 Å². The van der Waals surface area contributed by atoms with Crippen LogP contribution in [0.4, 0.5) is 0 Å². The fraction of sp³-hybridized carbons (Fsp3) is 0.900. The maximum absolute atomic E-state index is 11.9. The van der Waals surface area contributed by atoms with E-state index in [-0.39, 0.29) is 9.15 Å². The van der Waals surface area contributed by atoms with Crippen LogP contribution in [0.25, 0.3) is 0 Å². The van der Waals surface area contributed by atoms with Crippen molar-refractivity contribution in [3.05, 3.63) is 0 Å². The van der Waals surface area contributed by atoms with Crippen molar-refractivity contribution in [2.75, 3.05) is 0 Å². The lowest BCUT2D eigenvalue weighted by atomic mass is 9.76. The molecule has 1 nitrogen and oxygen atoms in total. The van der Waals surface area contributed by atoms with Crippen LogP contribution in [-0.2, 0) is 4.79 Å². The summed E-state index contributed by atoms with van der Waals surface area (Å²) in [6, 6.07) is 0. The number of halogens is 2. The summed E-state index contributed by atoms with van der Waals surface area (Å²) in [6.45, 7) is 6.34. The van der Waals surface area contributed by atoms with Gasteiger partial charge in [-0.2, -0.15) is 0 Å². The molecule has 0 heterocycles. The minimum Gasteiger partial charge on any atom is -0.297 e. The van der Waals surface area contributed by atoms with Crippen LogP contribution in [0, 0.1) is 11.8 Å². The van der Waals surface area contributed by atoms with Crippen molar-refractivity contribution in [3.8, 4) is 0 Å². The van der Waals surface area contributed by atoms with Gasteiger partial charge in [0.2, 0.25) is 0 Å². The van der Waals surface area contributed by atoms with E-state index in [2.05, 4.69) is 45.7 Å². The predicted molar refractivity (Wildman–Crippen MR) is 62.6 cm³/mol. The summed E-state index contributed by atoms with van der Waals surface area (Å²) >= 11 is 7.01. The Bertz CT molecular complexity index is 211. The van der Waals surface area contributed by atoms with Gasteiger partial charge in [-0.15, -0.1) is 0 Å². The van der Waals surface area contributed by atoms with Crippen LogP contribution >= 0.6 is 31.9 Å². The second-order valence-corrected chi connectivity index (χ2v) is 7.15. The molecule has 3 atom stereocenters. The molecule has 0 bridgehead atoms. The summed E-state index contributed by atoms with van der Waals surface area (Å²) in [6.07, 6.45) is 2.08. The van der Waals surface area contributed by atoms with Gasteiger partial charge in [-0.25, -0.2) is 0 Å². The van der Waals surface area contributed by atoms with E-state index in [4.69, 9.17) is 0 Å². The smallest absolute Gasteiger partial charge is 0.163 e. The van der Waals surface area contributed by atoms with Crippen LogP contribution in [0.5, 0.6) is 0 Å². The van der Waals surface area contributed by atoms with Crippen molar-refractivity contribution < 1.29 is 4.79 Å². The molecule has 13 heavy (non-hydrogen) atoms. The number of alkyl halides is 2. The minimum absolute atomic E-state index is 0.0330. The molecule has 0 aromatic carbocycles. The average molecular weight is 312 g/mol. The summed E-state index contributed by atoms with van der Waals surface area (Å²) < 4.78 is -0.299. The van der Waals surface area contributed by atoms with E-state index >= 15 is 0 Å². The topological polar surface area (TPSA) is 17.1 Å². The molecule has 0 radical (unpaired) electrons. The molecule has 0 N–H and O–H groups in total. The highest BCUT2D eigenvalue weighted by Gasteiger charge is 2.43. The lowest BCUT2D eigenvalue weighted by Crippen LogP contribution is -2.45. The highest BCUT2D eigenvalue weighted by atomic mass is 79.9. The molecule has 3 heteroatoms. The van der Waals surface area contributed by atoms with Crippen molar-refractivity contribution in [2.24, 2.45) is 11.8 Å². The summed E-state index contributed by atoms with van der Waals surface area (Å²) in [5.41, 5.74) is 0. The first kappa shape index (κ1) is 11.7. The maximum Gasteiger partial charge on any atom is 0.163 e. The molecule has 0 spiro atoms. The van der Waals surface area contributed by atoms with E-state index < -0.39 is 0 Å². The molecule has 0 aromatic rings. The first-order chi connectivity index (χ1) is 5.86. The lowest BCUT2D eigenvalue weighted by Gasteiger charge is -2.37. The van der Waals surface area contributed by atoms with Gasteiger partial charge in [0.05, 0.1) is 9.15 Å². The third-order valence-electron chi connectivity index (χ3n) is 2.94. The summed E-state index contributed by atoms with van der Waals surface area (Å²) in [7, 11) is 0. The molecular weight excluding hydrogens is 296 g/mol. The molecule has 0 saturated heterocycles. The zero-order valence-corrected chi connectivity index (χ0v) is 11.5. The van der Waals surface area contributed by atoms with Crippen molar-refractivity contribution in [1.82, 2.24) is 0 Å². The Morgan fingerprint density at radius 2 is 2.08 bits per heavy atom. The monoisotopic (exact) mass is 310 g/mol. The van der Waals surface area contributed by atoms with Gasteiger partial charge >= 0.3 is 0 Å². The maximum atomic E-state index is 11.9. The average Bonchev–Trinajstić information content (AvgIpc) is 2.00. The van der Waals surface area contributed by atoms with Gasteiger partial charge in [-0.1, -0.05) is 45.7 Å². The van der Waals surface area contributed by atoms with Crippen LogP contribution in [0.2, 0.25) is 0 Å². The molecule has 0 amide bonds. The molecule has 1 saturated carbocycles. The lowest BCUT2D eigenvalue weighted by molar-refractivity contribution is -0.123. The molecule has 1 aliphatic carbocycles. The molecule has 0 aliphatic heterocycles. The number of Topliss-reactive ketones (excluding diaryl/α,β-unsaturated/α-hetero) is 1. The Morgan fingerprint density at radius 1 is 1.54 bits per heavy atom. The highest BCUT2D eigenvalue weighted by molar-refractivity contribution is 9.11. The number of carbonyl (C=O) groups excluding carboxylic acids is 1. The summed E-state index contributed by atoms with van der Waals surface area (Å²) in [5.74, 6) is 1.38. The van der Waals surface area contributed by atoms with Gasteiger partial charge in [0.15, 0.2) is 5.78 Å². The number of hydrogen-bond acceptors (Lipinski definition) is 1. The van der Waals surface area contributed by atoms with Gasteiger partial charge in [0.25, 0.3) is 0 Å². The van der Waals surface area contributed by atoms with Crippen LogP contribution in [0.1, 0.15) is 33.6 Å². The molecule has 0 aromatic heterocycles. The molecule has 1 aliphatic rings. The first-order valence-electron chi connectivity index (χ1n) is 4.73. The number of hydrogen-bond donors (Lipinski definition) is 0. The molecule has 3 unspecified atom stereocenters. The Morgan fingerprint density at radius 3 is 2.54 bits per heavy atom. The standard InChI is InChI=1S/C10H16Br2O/c1-6(2)7-4-5-10(3,12)9(13)8(7)11/h6-8H,4-5H2,1-3H3. The Kier molecular flexibility index (Phi) is 3.61. The van der Waals surface area contributed by atoms with Crippen LogP contribution in [0.3, 0.4) is 0 Å². The predicted octanol–water partition coefficient (Wildman–Crippen LogP) is 3.54. The Hall–Kier alpha value is 0.630. The largest absolute Gasteiger partial charge is 0.297 e. The van der Waals surface area contributed by atoms with Gasteiger partial charge in [-0.05, 0) is 31.6 Å². The van der Waals surface area contributed by atoms with E-state index in [1.165, 1.54) is 0 Å². The first-order valence-corrected chi connectivity index (χ1v) is 6.44. The normalized spacial score (nSPS) is 41.2. The van der Waals surface area contributed by atoms with Crippen molar-refractivity contribution in [3.63, 3.8) is 0 Å². The second-order valence-electron chi connectivity index (χ2n) is 4.41. The van der Waals surface area contributed by atoms with Crippen LogP contribution in [0.15, 0.2) is 0 Å². The molecular formula is C10H16Br2O. The molecule has 1 rings (SSSR count). The fourth-order valence-electron chi connectivity index (χ4n) is 1.86. The fourth-order valence-corrected chi connectivity index (χ4v) is 4.02. The zero-order valence-electron chi connectivity index (χ0n) is 8.31. The summed E-state index contributed by atoms with van der Waals surface area (Å²) in [4.78, 5) is 11.9. The van der Waals surface area contributed by atoms with Crippen molar-refractivity contribution in [2.45, 2.75) is 42.8 Å². The second kappa shape index (κ2) is 4.01. The SMILES string of the molecule is CC(C)C1CCC(C)(Br)C(=O)C1Br. The van der Waals surface area contributed by atoms with E-state index in [9.17, 15) is 4.79 Å². The number of rotatable bonds is 1. The van der Waals surface area contributed by atoms with Gasteiger partial charge < -0.3 is 0 Å². The van der Waals surface area contributed by atoms with Crippen LogP contribution in [-0.4, -0.2) is 14.9 Å². The third-order valence-corrected chi connectivity index (χ3v) is 4.83. The number of ketones is 1. The molecule has 1 fully saturated rings. The highest BCUT2D eigenvalue weighted by Crippen LogP contribution is 2.41. The zero-order chi connectivity index (χ0) is 10.2. The number of carbonyl (C=O) groups is 1. The van der Waals surface area contributed by atoms with E-state index in [0.29, 0.717) is 17.6 Å². The Balaban J connectivity index is 2.77. The summed E-state index contributed by atoms with van der Waals surface area (Å²) in [5, 5.41) is 0. The quantitative estimate of drug-likeness (QED) is 0.677. The Labute approximate surface area is 96.9 Å². The molecule has 76 valence electrons. The van der Waals surface area contributed by atoms with Crippen molar-refractivity contribution in [1.29, 1.82) is 0 Å². The van der Waals surface area contributed by atoms with Gasteiger partial charge in [0.1, 0.15) is 0 Å². The van der Waals surface area contributed by atoms with Gasteiger partial charge in [-0.3, -0.25) is 4.79 Å². The van der Waals surface area contributed by atoms with Gasteiger partial charge in [0, 0.05) is 0 Å². The van der Waals surface area contributed by atoms with E-state index in [0.717, 1.165) is 12.8 Å².